The molecule has 0 radical (unpaired) electrons. The number of halogens is 4. The minimum atomic E-state index is -4.65. The van der Waals surface area contributed by atoms with Crippen LogP contribution >= 0.6 is 0 Å². The van der Waals surface area contributed by atoms with Crippen LogP contribution < -0.4 is 4.74 Å². The van der Waals surface area contributed by atoms with Gasteiger partial charge in [0.2, 0.25) is 0 Å². The number of aromatic nitrogens is 1. The predicted molar refractivity (Wildman–Crippen MR) is 140 cm³/mol. The molecule has 0 saturated carbocycles. The minimum Gasteiger partial charge on any atom is -0.467 e. The number of carbonyl (C=O) groups is 1. The second-order valence-corrected chi connectivity index (χ2v) is 9.44. The van der Waals surface area contributed by atoms with Crippen LogP contribution in [0.2, 0.25) is 0 Å². The van der Waals surface area contributed by atoms with Crippen molar-refractivity contribution in [3.63, 3.8) is 0 Å². The van der Waals surface area contributed by atoms with Crippen LogP contribution in [0.25, 0.3) is 27.7 Å². The summed E-state index contributed by atoms with van der Waals surface area (Å²) in [4.78, 5) is 12.1. The van der Waals surface area contributed by atoms with E-state index in [1.165, 1.54) is 38.5 Å². The number of ether oxygens (including phenoxy) is 4. The summed E-state index contributed by atoms with van der Waals surface area (Å²) in [5.74, 6) is -1.07. The molecule has 6 nitrogen and oxygen atoms in total. The molecule has 1 saturated heterocycles. The van der Waals surface area contributed by atoms with E-state index < -0.39 is 23.5 Å². The van der Waals surface area contributed by atoms with E-state index in [2.05, 4.69) is 0 Å². The molecular weight excluding hydrogens is 530 g/mol. The molecule has 1 aromatic heterocycles. The lowest BCUT2D eigenvalue weighted by Crippen LogP contribution is -2.17. The summed E-state index contributed by atoms with van der Waals surface area (Å²) in [6.07, 6.45) is -3.39. The largest absolute Gasteiger partial charge is 0.467 e. The van der Waals surface area contributed by atoms with E-state index in [1.54, 1.807) is 28.8 Å². The quantitative estimate of drug-likeness (QED) is 0.138. The summed E-state index contributed by atoms with van der Waals surface area (Å²) in [5.41, 5.74) is 2.26. The summed E-state index contributed by atoms with van der Waals surface area (Å²) in [6, 6.07) is 14.4. The first-order valence-electron chi connectivity index (χ1n) is 12.7. The van der Waals surface area contributed by atoms with E-state index in [4.69, 9.17) is 18.9 Å². The Labute approximate surface area is 228 Å². The Morgan fingerprint density at radius 1 is 1.00 bits per heavy atom. The lowest BCUT2D eigenvalue weighted by molar-refractivity contribution is -0.137. The molecule has 210 valence electrons. The molecule has 40 heavy (non-hydrogen) atoms. The van der Waals surface area contributed by atoms with Gasteiger partial charge in [-0.25, -0.2) is 9.18 Å². The molecule has 0 amide bonds. The lowest BCUT2D eigenvalue weighted by Gasteiger charge is -2.26. The predicted octanol–water partition coefficient (Wildman–Crippen LogP) is 7.12. The number of alkyl halides is 3. The number of methoxy groups -OCH3 is 2. The molecule has 4 aromatic rings. The van der Waals surface area contributed by atoms with Gasteiger partial charge in [0, 0.05) is 43.2 Å². The van der Waals surface area contributed by atoms with Crippen molar-refractivity contribution in [1.29, 1.82) is 0 Å². The van der Waals surface area contributed by atoms with Crippen LogP contribution in [0.15, 0.2) is 60.7 Å². The van der Waals surface area contributed by atoms with Crippen LogP contribution in [0.5, 0.6) is 5.75 Å². The normalized spacial score (nSPS) is 14.4. The van der Waals surface area contributed by atoms with Crippen molar-refractivity contribution in [2.75, 3.05) is 34.2 Å². The molecule has 0 spiro atoms. The van der Waals surface area contributed by atoms with Gasteiger partial charge in [0.25, 0.3) is 0 Å². The fraction of sp³-hybridized carbons (Fsp3) is 0.300. The van der Waals surface area contributed by atoms with Gasteiger partial charge in [-0.15, -0.1) is 0 Å². The zero-order valence-corrected chi connectivity index (χ0v) is 21.9. The maximum atomic E-state index is 14.1. The highest BCUT2D eigenvalue weighted by atomic mass is 19.4. The van der Waals surface area contributed by atoms with Gasteiger partial charge in [0.05, 0.1) is 29.1 Å². The maximum absolute atomic E-state index is 14.1. The van der Waals surface area contributed by atoms with Crippen molar-refractivity contribution in [1.82, 2.24) is 4.57 Å². The summed E-state index contributed by atoms with van der Waals surface area (Å²) >= 11 is 0. The molecule has 0 atom stereocenters. The van der Waals surface area contributed by atoms with Gasteiger partial charge in [0.1, 0.15) is 11.6 Å². The third-order valence-corrected chi connectivity index (χ3v) is 7.02. The Kier molecular flexibility index (Phi) is 7.82. The SMILES string of the molecule is COCOc1cc(C(F)(F)F)cc2c1c(-c1ccc(C(=O)OC)cc1)c(C1CCOCC1)n2-c1ccc(F)cc1. The Morgan fingerprint density at radius 3 is 2.27 bits per heavy atom. The number of fused-ring (bicyclic) bond motifs is 1. The van der Waals surface area contributed by atoms with Crippen molar-refractivity contribution < 1.29 is 41.3 Å². The van der Waals surface area contributed by atoms with Gasteiger partial charge >= 0.3 is 12.1 Å². The molecule has 0 N–H and O–H groups in total. The molecule has 0 unspecified atom stereocenters. The number of hydrogen-bond donors (Lipinski definition) is 0. The smallest absolute Gasteiger partial charge is 0.416 e. The average molecular weight is 558 g/mol. The van der Waals surface area contributed by atoms with Crippen molar-refractivity contribution >= 4 is 16.9 Å². The molecule has 0 aliphatic carbocycles. The Bertz CT molecular complexity index is 1500. The molecule has 5 rings (SSSR count). The highest BCUT2D eigenvalue weighted by molar-refractivity contribution is 6.04. The molecule has 1 aliphatic heterocycles. The van der Waals surface area contributed by atoms with Crippen LogP contribution in [-0.4, -0.2) is 44.8 Å². The molecule has 3 aromatic carbocycles. The van der Waals surface area contributed by atoms with Crippen molar-refractivity contribution in [2.24, 2.45) is 0 Å². The summed E-state index contributed by atoms with van der Waals surface area (Å²) in [5, 5.41) is 0.446. The van der Waals surface area contributed by atoms with Gasteiger partial charge in [0.15, 0.2) is 6.79 Å². The first kappa shape index (κ1) is 27.7. The van der Waals surface area contributed by atoms with E-state index in [-0.39, 0.29) is 24.0 Å². The van der Waals surface area contributed by atoms with Crippen molar-refractivity contribution in [2.45, 2.75) is 24.9 Å². The number of esters is 1. The average Bonchev–Trinajstić information content (AvgIpc) is 3.31. The van der Waals surface area contributed by atoms with Gasteiger partial charge in [-0.3, -0.25) is 0 Å². The Balaban J connectivity index is 1.91. The fourth-order valence-electron chi connectivity index (χ4n) is 5.21. The summed E-state index contributed by atoms with van der Waals surface area (Å²) < 4.78 is 79.4. The molecule has 1 aliphatic rings. The summed E-state index contributed by atoms with van der Waals surface area (Å²) in [6.45, 7) is 0.694. The van der Waals surface area contributed by atoms with Crippen LogP contribution in [0, 0.1) is 5.82 Å². The van der Waals surface area contributed by atoms with Crippen LogP contribution in [-0.2, 0) is 20.4 Å². The topological polar surface area (TPSA) is 58.9 Å². The Hall–Kier alpha value is -3.89. The van der Waals surface area contributed by atoms with E-state index in [9.17, 15) is 22.4 Å². The lowest BCUT2D eigenvalue weighted by atomic mass is 9.89. The van der Waals surface area contributed by atoms with E-state index in [1.807, 2.05) is 0 Å². The van der Waals surface area contributed by atoms with Gasteiger partial charge in [-0.1, -0.05) is 12.1 Å². The first-order chi connectivity index (χ1) is 19.2. The third-order valence-electron chi connectivity index (χ3n) is 7.02. The number of nitrogens with zero attached hydrogens (tertiary/aromatic N) is 1. The standard InChI is InChI=1S/C30H27F4NO5/c1-37-17-40-25-16-21(30(32,33)34)15-24-27(25)26(18-3-5-20(6-4-18)29(36)38-2)28(19-11-13-39-14-12-19)35(24)23-9-7-22(31)8-10-23/h3-10,15-16,19H,11-14,17H2,1-2H3. The number of benzene rings is 3. The first-order valence-corrected chi connectivity index (χ1v) is 12.7. The molecule has 2 heterocycles. The zero-order valence-electron chi connectivity index (χ0n) is 21.9. The number of hydrogen-bond acceptors (Lipinski definition) is 5. The van der Waals surface area contributed by atoms with Crippen LogP contribution in [0.4, 0.5) is 17.6 Å². The summed E-state index contributed by atoms with van der Waals surface area (Å²) in [7, 11) is 2.67. The van der Waals surface area contributed by atoms with Crippen molar-refractivity contribution in [3.05, 3.63) is 83.3 Å². The highest BCUT2D eigenvalue weighted by Gasteiger charge is 2.35. The van der Waals surface area contributed by atoms with Gasteiger partial charge < -0.3 is 23.5 Å². The van der Waals surface area contributed by atoms with E-state index in [0.717, 1.165) is 17.8 Å². The number of rotatable bonds is 7. The second kappa shape index (κ2) is 11.3. The monoisotopic (exact) mass is 557 g/mol. The molecule has 0 bridgehead atoms. The third kappa shape index (κ3) is 5.29. The molecular formula is C30H27F4NO5. The maximum Gasteiger partial charge on any atom is 0.416 e. The molecule has 1 fully saturated rings. The molecule has 10 heteroatoms. The number of carbonyl (C=O) groups excluding carboxylic acids is 1. The second-order valence-electron chi connectivity index (χ2n) is 9.44. The minimum absolute atomic E-state index is 0.00658. The van der Waals surface area contributed by atoms with E-state index >= 15 is 0 Å². The van der Waals surface area contributed by atoms with Crippen LogP contribution in [0.3, 0.4) is 0 Å². The Morgan fingerprint density at radius 2 is 1.68 bits per heavy atom. The zero-order chi connectivity index (χ0) is 28.4. The highest BCUT2D eigenvalue weighted by Crippen LogP contribution is 2.48. The van der Waals surface area contributed by atoms with Crippen LogP contribution in [0.1, 0.15) is 40.4 Å². The van der Waals surface area contributed by atoms with Gasteiger partial charge in [-0.05, 0) is 66.9 Å². The fourth-order valence-corrected chi connectivity index (χ4v) is 5.21. The van der Waals surface area contributed by atoms with Crippen molar-refractivity contribution in [3.8, 4) is 22.6 Å². The van der Waals surface area contributed by atoms with Gasteiger partial charge in [-0.2, -0.15) is 13.2 Å². The van der Waals surface area contributed by atoms with E-state index in [0.29, 0.717) is 53.8 Å².